The van der Waals surface area contributed by atoms with Crippen molar-refractivity contribution in [2.75, 3.05) is 20.1 Å². The Balaban J connectivity index is 3.60. The average molecular weight is 442 g/mol. The molecule has 9 heteroatoms. The van der Waals surface area contributed by atoms with Gasteiger partial charge < -0.3 is 0 Å². The van der Waals surface area contributed by atoms with Gasteiger partial charge in [0, 0.05) is 0 Å². The first-order valence-electron chi connectivity index (χ1n) is 7.08. The molecule has 0 aromatic heterocycles. The molecule has 0 aliphatic carbocycles. The van der Waals surface area contributed by atoms with E-state index in [2.05, 4.69) is 20.8 Å². The molecule has 0 aliphatic rings. The van der Waals surface area contributed by atoms with Crippen molar-refractivity contribution >= 4 is 49.5 Å². The van der Waals surface area contributed by atoms with E-state index in [0.29, 0.717) is 57.9 Å². The first-order valence-corrected chi connectivity index (χ1v) is 13.8. The Kier molecular flexibility index (Phi) is 13.2. The number of rotatable bonds is 11. The van der Waals surface area contributed by atoms with Crippen molar-refractivity contribution in [1.82, 2.24) is 10.6 Å². The third-order valence-corrected chi connectivity index (χ3v) is 9.97. The van der Waals surface area contributed by atoms with E-state index in [0.717, 1.165) is 10.6 Å². The molecule has 0 radical (unpaired) electrons. The van der Waals surface area contributed by atoms with Crippen molar-refractivity contribution in [3.8, 4) is 0 Å². The molecule has 126 valence electrons. The second kappa shape index (κ2) is 13.8. The van der Waals surface area contributed by atoms with Gasteiger partial charge in [-0.05, 0) is 0 Å². The van der Waals surface area contributed by atoms with E-state index < -0.39 is 0 Å². The van der Waals surface area contributed by atoms with Crippen molar-refractivity contribution in [1.29, 1.82) is 0 Å². The van der Waals surface area contributed by atoms with Crippen molar-refractivity contribution in [2.45, 2.75) is 37.3 Å². The van der Waals surface area contributed by atoms with Gasteiger partial charge in [0.2, 0.25) is 0 Å². The topological polar surface area (TPSA) is 103 Å². The minimum absolute atomic E-state index is 0.0732. The maximum absolute atomic E-state index is 11.6. The number of nitrogens with one attached hydrogen (secondary N) is 2. The van der Waals surface area contributed by atoms with Crippen LogP contribution in [0.5, 0.6) is 0 Å². The molecule has 0 atom stereocenters. The van der Waals surface area contributed by atoms with E-state index in [1.54, 1.807) is 14.0 Å². The van der Waals surface area contributed by atoms with Gasteiger partial charge >= 0.3 is 143 Å². The van der Waals surface area contributed by atoms with Gasteiger partial charge in [-0.15, -0.1) is 0 Å². The summed E-state index contributed by atoms with van der Waals surface area (Å²) in [5, 5.41) is 19.1. The molecule has 0 fully saturated rings. The van der Waals surface area contributed by atoms with Gasteiger partial charge in [0.05, 0.1) is 0 Å². The Bertz CT molecular complexity index is 376. The van der Waals surface area contributed by atoms with E-state index in [9.17, 15) is 9.59 Å². The summed E-state index contributed by atoms with van der Waals surface area (Å²) in [7, 11) is 1.63. The number of hydrogen-bond acceptors (Lipinski definition) is 5. The van der Waals surface area contributed by atoms with Gasteiger partial charge in [0.1, 0.15) is 0 Å². The zero-order valence-electron chi connectivity index (χ0n) is 13.2. The SMILES string of the molecule is CCC(=NC)C(=O)NCC[Se][Se]CCNC(=O)/C(CC)=N/O. The van der Waals surface area contributed by atoms with Crippen LogP contribution in [0, 0.1) is 0 Å². The van der Waals surface area contributed by atoms with E-state index in [4.69, 9.17) is 5.21 Å². The summed E-state index contributed by atoms with van der Waals surface area (Å²) in [5.74, 6) is -0.373. The Labute approximate surface area is 142 Å². The van der Waals surface area contributed by atoms with Crippen molar-refractivity contribution < 1.29 is 14.8 Å². The van der Waals surface area contributed by atoms with Gasteiger partial charge in [0.25, 0.3) is 0 Å². The van der Waals surface area contributed by atoms with Gasteiger partial charge in [-0.3, -0.25) is 0 Å². The van der Waals surface area contributed by atoms with Gasteiger partial charge in [-0.2, -0.15) is 0 Å². The summed E-state index contributed by atoms with van der Waals surface area (Å²) in [4.78, 5) is 27.1. The number of oxime groups is 1. The Morgan fingerprint density at radius 2 is 1.41 bits per heavy atom. The van der Waals surface area contributed by atoms with E-state index in [-0.39, 0.29) is 17.5 Å². The van der Waals surface area contributed by atoms with Crippen LogP contribution in [0.1, 0.15) is 26.7 Å². The number of carbonyl (C=O) groups excluding carboxylic acids is 2. The van der Waals surface area contributed by atoms with Crippen LogP contribution in [0.3, 0.4) is 0 Å². The average Bonchev–Trinajstić information content (AvgIpc) is 2.52. The fraction of sp³-hybridized carbons (Fsp3) is 0.692. The summed E-state index contributed by atoms with van der Waals surface area (Å²) in [6, 6.07) is 0. The number of carbonyl (C=O) groups is 2. The molecule has 0 saturated carbocycles. The second-order valence-corrected chi connectivity index (χ2v) is 11.9. The molecule has 0 saturated heterocycles. The van der Waals surface area contributed by atoms with Gasteiger partial charge in [0.15, 0.2) is 0 Å². The molecule has 7 nitrogen and oxygen atoms in total. The van der Waals surface area contributed by atoms with Crippen LogP contribution in [0.25, 0.3) is 0 Å². The number of hydrogen-bond donors (Lipinski definition) is 3. The molecule has 0 bridgehead atoms. The molecule has 0 rings (SSSR count). The summed E-state index contributed by atoms with van der Waals surface area (Å²) in [6.45, 7) is 4.97. The quantitative estimate of drug-likeness (QED) is 0.139. The van der Waals surface area contributed by atoms with Crippen molar-refractivity contribution in [2.24, 2.45) is 10.1 Å². The molecule has 0 spiro atoms. The first kappa shape index (κ1) is 21.1. The van der Waals surface area contributed by atoms with E-state index in [1.807, 2.05) is 6.92 Å². The molecule has 0 heterocycles. The number of nitrogens with zero attached hydrogens (tertiary/aromatic N) is 2. The van der Waals surface area contributed by atoms with Crippen molar-refractivity contribution in [3.63, 3.8) is 0 Å². The summed E-state index contributed by atoms with van der Waals surface area (Å²) >= 11 is 0.986. The second-order valence-electron chi connectivity index (χ2n) is 4.08. The third kappa shape index (κ3) is 9.20. The fourth-order valence-corrected chi connectivity index (χ4v) is 7.09. The predicted octanol–water partition coefficient (Wildman–Crippen LogP) is 0.0998. The Hall–Kier alpha value is -0.881. The van der Waals surface area contributed by atoms with Crippen LogP contribution in [0.4, 0.5) is 0 Å². The normalized spacial score (nSPS) is 12.1. The zero-order valence-corrected chi connectivity index (χ0v) is 16.6. The van der Waals surface area contributed by atoms with Crippen LogP contribution in [0.15, 0.2) is 10.1 Å². The number of amides is 2. The van der Waals surface area contributed by atoms with E-state index >= 15 is 0 Å². The van der Waals surface area contributed by atoms with E-state index in [1.165, 1.54) is 0 Å². The van der Waals surface area contributed by atoms with Crippen LogP contribution in [-0.2, 0) is 9.59 Å². The number of aliphatic imine (C=N–C) groups is 1. The summed E-state index contributed by atoms with van der Waals surface area (Å²) < 4.78 is 0. The molecule has 2 amide bonds. The fourth-order valence-electron chi connectivity index (χ4n) is 1.43. The minimum atomic E-state index is -0.300. The van der Waals surface area contributed by atoms with Crippen LogP contribution in [0.2, 0.25) is 10.6 Å². The molecule has 0 aromatic carbocycles. The first-order chi connectivity index (χ1) is 10.6. The Morgan fingerprint density at radius 1 is 0.955 bits per heavy atom. The standard InChI is InChI=1S/C13H24N4O3Se2/c1-4-10(14-3)12(18)15-6-8-21-22-9-7-16-13(19)11(5-2)17-20/h20H,4-9H2,1-3H3,(H,15,18)(H,16,19)/b14-10?,17-11+. The monoisotopic (exact) mass is 444 g/mol. The molecule has 22 heavy (non-hydrogen) atoms. The molecular formula is C13H24N4O3Se2. The Morgan fingerprint density at radius 3 is 1.77 bits per heavy atom. The van der Waals surface area contributed by atoms with Gasteiger partial charge in [-0.25, -0.2) is 0 Å². The molecule has 0 aromatic rings. The molecule has 3 N–H and O–H groups in total. The van der Waals surface area contributed by atoms with Gasteiger partial charge in [-0.1, -0.05) is 0 Å². The third-order valence-electron chi connectivity index (χ3n) is 2.61. The molecule has 0 aliphatic heterocycles. The van der Waals surface area contributed by atoms with Crippen molar-refractivity contribution in [3.05, 3.63) is 0 Å². The molecule has 0 unspecified atom stereocenters. The van der Waals surface area contributed by atoms with Crippen LogP contribution < -0.4 is 10.6 Å². The van der Waals surface area contributed by atoms with Crippen LogP contribution in [-0.4, -0.2) is 74.8 Å². The maximum atomic E-state index is 11.6. The summed E-state index contributed by atoms with van der Waals surface area (Å²) in [5.41, 5.74) is 0.739. The summed E-state index contributed by atoms with van der Waals surface area (Å²) in [6.07, 6.45) is 1.06. The zero-order chi connectivity index (χ0) is 16.8. The van der Waals surface area contributed by atoms with Crippen LogP contribution >= 0.6 is 0 Å². The molecular weight excluding hydrogens is 418 g/mol. The predicted molar refractivity (Wildman–Crippen MR) is 90.3 cm³/mol.